The zero-order chi connectivity index (χ0) is 13.1. The second kappa shape index (κ2) is 5.64. The predicted molar refractivity (Wildman–Crippen MR) is 79.2 cm³/mol. The summed E-state index contributed by atoms with van der Waals surface area (Å²) in [5.74, 6) is 0.831. The van der Waals surface area contributed by atoms with Crippen molar-refractivity contribution in [3.05, 3.63) is 46.0 Å². The monoisotopic (exact) mass is 290 g/mol. The number of hydrogen-bond donors (Lipinski definition) is 1. The molecule has 0 spiro atoms. The Morgan fingerprint density at radius 1 is 1.32 bits per heavy atom. The van der Waals surface area contributed by atoms with E-state index in [1.54, 1.807) is 33.7 Å². The number of nitrogens with zero attached hydrogens (tertiary/aromatic N) is 3. The summed E-state index contributed by atoms with van der Waals surface area (Å²) in [5, 5.41) is 11.9. The number of nitrogens with one attached hydrogen (secondary N) is 1. The Hall–Kier alpha value is -1.50. The Bertz CT molecular complexity index is 639. The molecule has 4 nitrogen and oxygen atoms in total. The van der Waals surface area contributed by atoms with Gasteiger partial charge in [-0.2, -0.15) is 5.10 Å². The molecule has 0 amide bonds. The van der Waals surface area contributed by atoms with Crippen molar-refractivity contribution in [3.63, 3.8) is 0 Å². The molecule has 0 aliphatic carbocycles. The quantitative estimate of drug-likeness (QED) is 0.785. The molecular formula is C13H14N4S2. The van der Waals surface area contributed by atoms with Crippen molar-refractivity contribution in [1.29, 1.82) is 0 Å². The van der Waals surface area contributed by atoms with Crippen molar-refractivity contribution < 1.29 is 0 Å². The third-order valence-electron chi connectivity index (χ3n) is 2.69. The van der Waals surface area contributed by atoms with Crippen LogP contribution < -0.4 is 5.32 Å². The predicted octanol–water partition coefficient (Wildman–Crippen LogP) is 2.89. The molecular weight excluding hydrogens is 276 g/mol. The van der Waals surface area contributed by atoms with E-state index in [9.17, 15) is 0 Å². The topological polar surface area (TPSA) is 42.7 Å². The molecule has 0 saturated carbocycles. The summed E-state index contributed by atoms with van der Waals surface area (Å²) < 4.78 is 1.72. The van der Waals surface area contributed by atoms with Crippen molar-refractivity contribution in [1.82, 2.24) is 20.1 Å². The van der Waals surface area contributed by atoms with Crippen LogP contribution in [-0.2, 0) is 20.1 Å². The number of aromatic nitrogens is 3. The average Bonchev–Trinajstić information content (AvgIpc) is 3.09. The average molecular weight is 290 g/mol. The third kappa shape index (κ3) is 3.09. The van der Waals surface area contributed by atoms with Gasteiger partial charge < -0.3 is 5.32 Å². The molecule has 3 heterocycles. The fourth-order valence-electron chi connectivity index (χ4n) is 1.81. The summed E-state index contributed by atoms with van der Waals surface area (Å²) in [6.45, 7) is 1.56. The molecule has 3 rings (SSSR count). The van der Waals surface area contributed by atoms with E-state index in [1.165, 1.54) is 15.3 Å². The Morgan fingerprint density at radius 3 is 3.00 bits per heavy atom. The van der Waals surface area contributed by atoms with Gasteiger partial charge in [0.05, 0.1) is 6.54 Å². The molecule has 19 heavy (non-hydrogen) atoms. The summed E-state index contributed by atoms with van der Waals surface area (Å²) in [6, 6.07) is 6.49. The molecule has 0 fully saturated rings. The number of hydrogen-bond acceptors (Lipinski definition) is 5. The summed E-state index contributed by atoms with van der Waals surface area (Å²) in [4.78, 5) is 6.85. The van der Waals surface area contributed by atoms with Gasteiger partial charge in [-0.3, -0.25) is 4.68 Å². The van der Waals surface area contributed by atoms with Crippen LogP contribution in [0.1, 0.15) is 10.7 Å². The Kier molecular flexibility index (Phi) is 3.72. The van der Waals surface area contributed by atoms with Crippen LogP contribution >= 0.6 is 22.7 Å². The van der Waals surface area contributed by atoms with E-state index >= 15 is 0 Å². The van der Waals surface area contributed by atoms with Crippen molar-refractivity contribution in [2.45, 2.75) is 13.1 Å². The molecule has 0 bridgehead atoms. The Labute approximate surface area is 119 Å². The standard InChI is InChI=1S/C13H14N4S2/c1-17-9-15-13(16-17)7-14-6-11-5-10(8-19-11)12-3-2-4-18-12/h2-5,8-9,14H,6-7H2,1H3. The maximum atomic E-state index is 4.24. The van der Waals surface area contributed by atoms with E-state index in [0.717, 1.165) is 12.4 Å². The van der Waals surface area contributed by atoms with Gasteiger partial charge in [-0.05, 0) is 22.9 Å². The van der Waals surface area contributed by atoms with Crippen molar-refractivity contribution >= 4 is 22.7 Å². The molecule has 0 aromatic carbocycles. The SMILES string of the molecule is Cn1cnc(CNCc2cc(-c3cccs3)cs2)n1. The maximum absolute atomic E-state index is 4.24. The highest BCUT2D eigenvalue weighted by Gasteiger charge is 2.04. The van der Waals surface area contributed by atoms with Crippen LogP contribution in [0.2, 0.25) is 0 Å². The van der Waals surface area contributed by atoms with Crippen molar-refractivity contribution in [3.8, 4) is 10.4 Å². The first kappa shape index (κ1) is 12.5. The maximum Gasteiger partial charge on any atom is 0.164 e. The molecule has 0 radical (unpaired) electrons. The van der Waals surface area contributed by atoms with Gasteiger partial charge >= 0.3 is 0 Å². The largest absolute Gasteiger partial charge is 0.305 e. The summed E-state index contributed by atoms with van der Waals surface area (Å²) in [5.41, 5.74) is 1.31. The highest BCUT2D eigenvalue weighted by atomic mass is 32.1. The third-order valence-corrected chi connectivity index (χ3v) is 4.54. The van der Waals surface area contributed by atoms with Crippen molar-refractivity contribution in [2.24, 2.45) is 7.05 Å². The van der Waals surface area contributed by atoms with Crippen LogP contribution in [0, 0.1) is 0 Å². The lowest BCUT2D eigenvalue weighted by Crippen LogP contribution is -2.13. The Morgan fingerprint density at radius 2 is 2.26 bits per heavy atom. The molecule has 0 unspecified atom stereocenters. The highest BCUT2D eigenvalue weighted by molar-refractivity contribution is 7.14. The first-order valence-electron chi connectivity index (χ1n) is 5.98. The van der Waals surface area contributed by atoms with Crippen molar-refractivity contribution in [2.75, 3.05) is 0 Å². The van der Waals surface area contributed by atoms with Crippen LogP contribution in [0.25, 0.3) is 10.4 Å². The first-order chi connectivity index (χ1) is 9.31. The van der Waals surface area contributed by atoms with E-state index in [0.29, 0.717) is 6.54 Å². The van der Waals surface area contributed by atoms with Gasteiger partial charge in [0.1, 0.15) is 6.33 Å². The molecule has 6 heteroatoms. The van der Waals surface area contributed by atoms with Crippen LogP contribution in [0.4, 0.5) is 0 Å². The molecule has 3 aromatic heterocycles. The normalized spacial score (nSPS) is 11.0. The van der Waals surface area contributed by atoms with Gasteiger partial charge in [0.25, 0.3) is 0 Å². The minimum atomic E-state index is 0.701. The summed E-state index contributed by atoms with van der Waals surface area (Å²) in [6.07, 6.45) is 1.72. The van der Waals surface area contributed by atoms with E-state index in [2.05, 4.69) is 44.4 Å². The summed E-state index contributed by atoms with van der Waals surface area (Å²) >= 11 is 3.56. The van der Waals surface area contributed by atoms with Gasteiger partial charge in [-0.1, -0.05) is 6.07 Å². The lowest BCUT2D eigenvalue weighted by Gasteiger charge is -1.98. The molecule has 0 aliphatic heterocycles. The van der Waals surface area contributed by atoms with Crippen LogP contribution in [0.5, 0.6) is 0 Å². The molecule has 1 N–H and O–H groups in total. The number of rotatable bonds is 5. The number of aryl methyl sites for hydroxylation is 1. The lowest BCUT2D eigenvalue weighted by molar-refractivity contribution is 0.654. The zero-order valence-electron chi connectivity index (χ0n) is 10.5. The zero-order valence-corrected chi connectivity index (χ0v) is 12.2. The van der Waals surface area contributed by atoms with Gasteiger partial charge in [-0.25, -0.2) is 4.98 Å². The molecule has 0 aliphatic rings. The molecule has 0 atom stereocenters. The molecule has 0 saturated heterocycles. The smallest absolute Gasteiger partial charge is 0.164 e. The van der Waals surface area contributed by atoms with E-state index < -0.39 is 0 Å². The molecule has 3 aromatic rings. The fraction of sp³-hybridized carbons (Fsp3) is 0.231. The number of thiophene rings is 2. The van der Waals surface area contributed by atoms with E-state index in [4.69, 9.17) is 0 Å². The van der Waals surface area contributed by atoms with Gasteiger partial charge in [0, 0.05) is 28.9 Å². The lowest BCUT2D eigenvalue weighted by atomic mass is 10.2. The van der Waals surface area contributed by atoms with Gasteiger partial charge in [0.15, 0.2) is 5.82 Å². The minimum Gasteiger partial charge on any atom is -0.305 e. The van der Waals surface area contributed by atoms with Crippen LogP contribution in [0.3, 0.4) is 0 Å². The van der Waals surface area contributed by atoms with Crippen LogP contribution in [0.15, 0.2) is 35.3 Å². The fourth-order valence-corrected chi connectivity index (χ4v) is 3.45. The summed E-state index contributed by atoms with van der Waals surface area (Å²) in [7, 11) is 1.88. The van der Waals surface area contributed by atoms with E-state index in [1.807, 2.05) is 7.05 Å². The van der Waals surface area contributed by atoms with Gasteiger partial charge in [-0.15, -0.1) is 22.7 Å². The Balaban J connectivity index is 1.56. The van der Waals surface area contributed by atoms with Gasteiger partial charge in [0.2, 0.25) is 0 Å². The van der Waals surface area contributed by atoms with Crippen LogP contribution in [-0.4, -0.2) is 14.8 Å². The first-order valence-corrected chi connectivity index (χ1v) is 7.74. The minimum absolute atomic E-state index is 0.701. The molecule has 98 valence electrons. The van der Waals surface area contributed by atoms with E-state index in [-0.39, 0.29) is 0 Å². The second-order valence-corrected chi connectivity index (χ2v) is 6.16. The second-order valence-electron chi connectivity index (χ2n) is 4.22. The highest BCUT2D eigenvalue weighted by Crippen LogP contribution is 2.29.